The summed E-state index contributed by atoms with van der Waals surface area (Å²) in [6.45, 7) is 12.9. The highest BCUT2D eigenvalue weighted by atomic mass is 35.5. The van der Waals surface area contributed by atoms with Gasteiger partial charge in [-0.1, -0.05) is 11.6 Å². The molecule has 124 valence electrons. The SMILES string of the molecule is CC[NH+]1CC[NH+](Cc2cc(=O)oc3cc(C)c(Cl)c(C)c23)CC1. The molecule has 2 heterocycles. The minimum absolute atomic E-state index is 0.272. The Bertz CT molecular complexity index is 777. The molecule has 0 amide bonds. The van der Waals surface area contributed by atoms with Crippen LogP contribution in [0.5, 0.6) is 0 Å². The van der Waals surface area contributed by atoms with Crippen molar-refractivity contribution >= 4 is 22.6 Å². The van der Waals surface area contributed by atoms with E-state index >= 15 is 0 Å². The zero-order valence-corrected chi connectivity index (χ0v) is 14.8. The molecule has 1 fully saturated rings. The molecule has 0 aliphatic carbocycles. The van der Waals surface area contributed by atoms with Gasteiger partial charge in [0.2, 0.25) is 0 Å². The van der Waals surface area contributed by atoms with Crippen LogP contribution in [-0.4, -0.2) is 32.7 Å². The zero-order chi connectivity index (χ0) is 16.6. The molecule has 2 N–H and O–H groups in total. The molecule has 0 unspecified atom stereocenters. The van der Waals surface area contributed by atoms with Gasteiger partial charge >= 0.3 is 5.63 Å². The van der Waals surface area contributed by atoms with E-state index in [4.69, 9.17) is 16.0 Å². The van der Waals surface area contributed by atoms with Gasteiger partial charge < -0.3 is 14.2 Å². The molecule has 0 radical (unpaired) electrons. The molecule has 23 heavy (non-hydrogen) atoms. The second kappa shape index (κ2) is 6.63. The van der Waals surface area contributed by atoms with Crippen LogP contribution in [0.4, 0.5) is 0 Å². The van der Waals surface area contributed by atoms with Crippen molar-refractivity contribution in [2.75, 3.05) is 32.7 Å². The van der Waals surface area contributed by atoms with Crippen LogP contribution in [0.1, 0.15) is 23.6 Å². The number of aryl methyl sites for hydroxylation is 2. The predicted octanol–water partition coefficient (Wildman–Crippen LogP) is 0.367. The molecule has 0 spiro atoms. The summed E-state index contributed by atoms with van der Waals surface area (Å²) in [7, 11) is 0. The molecule has 5 heteroatoms. The Balaban J connectivity index is 1.97. The maximum Gasteiger partial charge on any atom is 0.336 e. The number of nitrogens with one attached hydrogen (secondary N) is 2. The normalized spacial score (nSPS) is 21.7. The van der Waals surface area contributed by atoms with E-state index in [1.165, 1.54) is 24.5 Å². The minimum Gasteiger partial charge on any atom is -0.423 e. The third-order valence-corrected chi connectivity index (χ3v) is 5.65. The second-order valence-electron chi connectivity index (χ2n) is 6.63. The highest BCUT2D eigenvalue weighted by molar-refractivity contribution is 6.33. The summed E-state index contributed by atoms with van der Waals surface area (Å²) in [6.07, 6.45) is 0. The predicted molar refractivity (Wildman–Crippen MR) is 92.6 cm³/mol. The van der Waals surface area contributed by atoms with Gasteiger partial charge in [-0.05, 0) is 38.0 Å². The first-order valence-electron chi connectivity index (χ1n) is 8.39. The molecule has 0 atom stereocenters. The number of benzene rings is 1. The highest BCUT2D eigenvalue weighted by Crippen LogP contribution is 2.30. The fourth-order valence-corrected chi connectivity index (χ4v) is 3.80. The molecule has 1 aromatic heterocycles. The summed E-state index contributed by atoms with van der Waals surface area (Å²) in [6, 6.07) is 3.52. The van der Waals surface area contributed by atoms with Gasteiger partial charge in [0.15, 0.2) is 0 Å². The van der Waals surface area contributed by atoms with Gasteiger partial charge in [0.05, 0.1) is 6.54 Å². The summed E-state index contributed by atoms with van der Waals surface area (Å²) in [5.41, 5.74) is 3.41. The standard InChI is InChI=1S/C18H23ClN2O2/c1-4-20-5-7-21(8-6-20)11-14-10-16(22)23-15-9-12(2)18(19)13(3)17(14)15/h9-10H,4-8,11H2,1-3H3/p+2. The van der Waals surface area contributed by atoms with Crippen molar-refractivity contribution in [1.82, 2.24) is 0 Å². The Morgan fingerprint density at radius 2 is 1.78 bits per heavy atom. The molecule has 2 aromatic rings. The fraction of sp³-hybridized carbons (Fsp3) is 0.500. The van der Waals surface area contributed by atoms with Gasteiger partial charge in [-0.3, -0.25) is 0 Å². The summed E-state index contributed by atoms with van der Waals surface area (Å²) in [5, 5.41) is 1.78. The summed E-state index contributed by atoms with van der Waals surface area (Å²) >= 11 is 6.42. The van der Waals surface area contributed by atoms with Crippen molar-refractivity contribution < 1.29 is 14.2 Å². The van der Waals surface area contributed by atoms with E-state index < -0.39 is 0 Å². The molecule has 0 saturated carbocycles. The Labute approximate surface area is 141 Å². The van der Waals surface area contributed by atoms with E-state index in [0.717, 1.165) is 46.7 Å². The molecule has 1 aliphatic heterocycles. The van der Waals surface area contributed by atoms with Gasteiger partial charge in [-0.2, -0.15) is 0 Å². The van der Waals surface area contributed by atoms with Crippen molar-refractivity contribution in [2.24, 2.45) is 0 Å². The molecular formula is C18H25ClN2O2+2. The van der Waals surface area contributed by atoms with Crippen molar-refractivity contribution in [3.05, 3.63) is 44.3 Å². The molecule has 0 bridgehead atoms. The lowest BCUT2D eigenvalue weighted by molar-refractivity contribution is -1.02. The maximum absolute atomic E-state index is 11.9. The fourth-order valence-electron chi connectivity index (χ4n) is 3.65. The Kier molecular flexibility index (Phi) is 4.76. The topological polar surface area (TPSA) is 39.1 Å². The first-order chi connectivity index (χ1) is 11.0. The zero-order valence-electron chi connectivity index (χ0n) is 14.1. The lowest BCUT2D eigenvalue weighted by Gasteiger charge is -2.29. The van der Waals surface area contributed by atoms with Crippen molar-refractivity contribution in [3.63, 3.8) is 0 Å². The van der Waals surface area contributed by atoms with Crippen molar-refractivity contribution in [3.8, 4) is 0 Å². The Hall–Kier alpha value is -1.36. The lowest BCUT2D eigenvalue weighted by atomic mass is 10.0. The molecule has 4 nitrogen and oxygen atoms in total. The number of piperazine rings is 1. The van der Waals surface area contributed by atoms with E-state index in [1.54, 1.807) is 11.0 Å². The van der Waals surface area contributed by atoms with E-state index in [0.29, 0.717) is 5.58 Å². The molecule has 1 aromatic carbocycles. The monoisotopic (exact) mass is 336 g/mol. The van der Waals surface area contributed by atoms with Crippen molar-refractivity contribution in [2.45, 2.75) is 27.3 Å². The number of hydrogen-bond acceptors (Lipinski definition) is 2. The first-order valence-corrected chi connectivity index (χ1v) is 8.77. The van der Waals surface area contributed by atoms with E-state index in [2.05, 4.69) is 6.92 Å². The van der Waals surface area contributed by atoms with Gasteiger partial charge in [0.1, 0.15) is 38.3 Å². The largest absolute Gasteiger partial charge is 0.423 e. The Morgan fingerprint density at radius 3 is 2.43 bits per heavy atom. The quantitative estimate of drug-likeness (QED) is 0.795. The number of fused-ring (bicyclic) bond motifs is 1. The number of halogens is 1. The van der Waals surface area contributed by atoms with Gasteiger partial charge in [-0.15, -0.1) is 0 Å². The number of hydrogen-bond donors (Lipinski definition) is 2. The summed E-state index contributed by atoms with van der Waals surface area (Å²) < 4.78 is 5.42. The smallest absolute Gasteiger partial charge is 0.336 e. The average Bonchev–Trinajstić information content (AvgIpc) is 2.53. The molecular weight excluding hydrogens is 312 g/mol. The number of rotatable bonds is 3. The molecule has 1 aliphatic rings. The average molecular weight is 337 g/mol. The maximum atomic E-state index is 11.9. The van der Waals surface area contributed by atoms with E-state index in [1.807, 2.05) is 19.9 Å². The molecule has 3 rings (SSSR count). The summed E-state index contributed by atoms with van der Waals surface area (Å²) in [4.78, 5) is 15.1. The van der Waals surface area contributed by atoms with Crippen LogP contribution in [-0.2, 0) is 6.54 Å². The summed E-state index contributed by atoms with van der Waals surface area (Å²) in [5.74, 6) is 0. The van der Waals surface area contributed by atoms with Crippen LogP contribution in [0.3, 0.4) is 0 Å². The van der Waals surface area contributed by atoms with Crippen LogP contribution in [0, 0.1) is 13.8 Å². The van der Waals surface area contributed by atoms with Crippen LogP contribution >= 0.6 is 11.6 Å². The van der Waals surface area contributed by atoms with Gasteiger partial charge in [-0.25, -0.2) is 4.79 Å². The third kappa shape index (κ3) is 3.30. The first kappa shape index (κ1) is 16.5. The Morgan fingerprint density at radius 1 is 1.13 bits per heavy atom. The van der Waals surface area contributed by atoms with Crippen LogP contribution < -0.4 is 15.4 Å². The van der Waals surface area contributed by atoms with Crippen LogP contribution in [0.15, 0.2) is 21.3 Å². The third-order valence-electron chi connectivity index (χ3n) is 5.07. The van der Waals surface area contributed by atoms with Crippen molar-refractivity contribution in [1.29, 1.82) is 0 Å². The minimum atomic E-state index is -0.272. The molecule has 1 saturated heterocycles. The number of quaternary nitrogens is 2. The van der Waals surface area contributed by atoms with Gasteiger partial charge in [0.25, 0.3) is 0 Å². The highest BCUT2D eigenvalue weighted by Gasteiger charge is 2.23. The number of likely N-dealkylation sites (N-methyl/N-ethyl adjacent to an activating group) is 1. The van der Waals surface area contributed by atoms with Gasteiger partial charge in [0, 0.05) is 22.0 Å². The van der Waals surface area contributed by atoms with E-state index in [-0.39, 0.29) is 5.63 Å². The van der Waals surface area contributed by atoms with E-state index in [9.17, 15) is 4.79 Å². The lowest BCUT2D eigenvalue weighted by Crippen LogP contribution is -3.27. The van der Waals surface area contributed by atoms with Crippen LogP contribution in [0.2, 0.25) is 5.02 Å². The van der Waals surface area contributed by atoms with Crippen LogP contribution in [0.25, 0.3) is 11.0 Å². The second-order valence-corrected chi connectivity index (χ2v) is 7.00.